The number of hydrogen-bond acceptors (Lipinski definition) is 5. The van der Waals surface area contributed by atoms with E-state index in [1.54, 1.807) is 6.07 Å². The molecule has 7 nitrogen and oxygen atoms in total. The lowest BCUT2D eigenvalue weighted by atomic mass is 10.2. The minimum Gasteiger partial charge on any atom is -0.867 e. The molecule has 120 valence electrons. The van der Waals surface area contributed by atoms with Crippen LogP contribution >= 0.6 is 0 Å². The van der Waals surface area contributed by atoms with Crippen molar-refractivity contribution in [3.8, 4) is 5.75 Å². The Morgan fingerprint density at radius 1 is 1.18 bits per heavy atom. The molecule has 0 spiro atoms. The van der Waals surface area contributed by atoms with E-state index in [0.29, 0.717) is 0 Å². The summed E-state index contributed by atoms with van der Waals surface area (Å²) in [6.45, 7) is 7.03. The summed E-state index contributed by atoms with van der Waals surface area (Å²) in [7, 11) is 0. The first-order chi connectivity index (χ1) is 10.5. The molecule has 2 rings (SSSR count). The maximum Gasteiger partial charge on any atom is 0.414 e. The number of fused-ring (bicyclic) bond motifs is 1. The van der Waals surface area contributed by atoms with Crippen LogP contribution in [0.5, 0.6) is 5.75 Å². The van der Waals surface area contributed by atoms with Gasteiger partial charge in [0.25, 0.3) is 0 Å². The van der Waals surface area contributed by atoms with Crippen LogP contribution in [0.3, 0.4) is 0 Å². The zero-order chi connectivity index (χ0) is 16.5. The zero-order valence-corrected chi connectivity index (χ0v) is 12.7. The molecule has 0 amide bonds. The molecule has 0 unspecified atom stereocenters. The molecule has 0 saturated heterocycles. The molecule has 1 aromatic carbocycles. The highest BCUT2D eigenvalue weighted by atomic mass is 16.6. The molecular formula is C15H20N2O5. The van der Waals surface area contributed by atoms with E-state index in [-0.39, 0.29) is 11.0 Å². The molecular weight excluding hydrogens is 288 g/mol. The normalized spacial score (nSPS) is 10.1. The fourth-order valence-electron chi connectivity index (χ4n) is 1.82. The predicted octanol–water partition coefficient (Wildman–Crippen LogP) is 1.14. The smallest absolute Gasteiger partial charge is 0.414 e. The standard InChI is InChI=1S/C9H5NO5.C6H15N/c11-8-5-3-1-2-4-6(5)15-9(12)7(8)10(13)14;1-3-5-7-6-4-2/h1-4,11H;7H,3-6H2,1-2H3. The highest BCUT2D eigenvalue weighted by Crippen LogP contribution is 2.27. The lowest BCUT2D eigenvalue weighted by Gasteiger charge is -2.07. The zero-order valence-electron chi connectivity index (χ0n) is 12.7. The van der Waals surface area contributed by atoms with Gasteiger partial charge >= 0.3 is 11.3 Å². The van der Waals surface area contributed by atoms with E-state index in [1.807, 2.05) is 0 Å². The predicted molar refractivity (Wildman–Crippen MR) is 80.8 cm³/mol. The van der Waals surface area contributed by atoms with E-state index >= 15 is 0 Å². The Labute approximate surface area is 127 Å². The summed E-state index contributed by atoms with van der Waals surface area (Å²) in [5.74, 6) is -0.910. The summed E-state index contributed by atoms with van der Waals surface area (Å²) >= 11 is 0. The van der Waals surface area contributed by atoms with E-state index in [9.17, 15) is 20.0 Å². The summed E-state index contributed by atoms with van der Waals surface area (Å²) in [6.07, 6.45) is 2.61. The molecule has 0 fully saturated rings. The fraction of sp³-hybridized carbons (Fsp3) is 0.400. The van der Waals surface area contributed by atoms with Crippen LogP contribution in [0.15, 0.2) is 33.5 Å². The molecule has 22 heavy (non-hydrogen) atoms. The number of benzene rings is 1. The second-order valence-corrected chi connectivity index (χ2v) is 4.69. The van der Waals surface area contributed by atoms with Crippen molar-refractivity contribution in [2.45, 2.75) is 26.7 Å². The third-order valence-electron chi connectivity index (χ3n) is 2.91. The van der Waals surface area contributed by atoms with Crippen LogP contribution in [-0.4, -0.2) is 18.0 Å². The van der Waals surface area contributed by atoms with Crippen LogP contribution in [-0.2, 0) is 0 Å². The van der Waals surface area contributed by atoms with Crippen molar-refractivity contribution in [2.75, 3.05) is 13.1 Å². The average molecular weight is 308 g/mol. The van der Waals surface area contributed by atoms with Crippen molar-refractivity contribution in [1.29, 1.82) is 0 Å². The molecule has 1 heterocycles. The molecule has 0 atom stereocenters. The monoisotopic (exact) mass is 308 g/mol. The van der Waals surface area contributed by atoms with Crippen molar-refractivity contribution >= 4 is 16.7 Å². The van der Waals surface area contributed by atoms with Gasteiger partial charge in [-0.15, -0.1) is 0 Å². The van der Waals surface area contributed by atoms with Crippen LogP contribution in [0.25, 0.3) is 11.0 Å². The summed E-state index contributed by atoms with van der Waals surface area (Å²) in [5, 5.41) is 24.3. The number of hydrogen-bond donors (Lipinski definition) is 1. The molecule has 0 aliphatic rings. The first-order valence-electron chi connectivity index (χ1n) is 7.21. The number of nitrogens with two attached hydrogens (primary N) is 1. The Morgan fingerprint density at radius 2 is 1.77 bits per heavy atom. The maximum absolute atomic E-state index is 11.5. The molecule has 7 heteroatoms. The summed E-state index contributed by atoms with van der Waals surface area (Å²) in [5.41, 5.74) is -2.21. The van der Waals surface area contributed by atoms with Crippen molar-refractivity contribution in [3.63, 3.8) is 0 Å². The van der Waals surface area contributed by atoms with Crippen LogP contribution in [0.4, 0.5) is 5.69 Å². The summed E-state index contributed by atoms with van der Waals surface area (Å²) in [4.78, 5) is 20.5. The van der Waals surface area contributed by atoms with Gasteiger partial charge in [0.15, 0.2) is 0 Å². The second-order valence-electron chi connectivity index (χ2n) is 4.69. The van der Waals surface area contributed by atoms with Gasteiger partial charge in [-0.05, 0) is 24.7 Å². The quantitative estimate of drug-likeness (QED) is 0.385. The van der Waals surface area contributed by atoms with Gasteiger partial charge in [0.2, 0.25) is 0 Å². The summed E-state index contributed by atoms with van der Waals surface area (Å²) < 4.78 is 4.64. The van der Waals surface area contributed by atoms with E-state index in [0.717, 1.165) is 0 Å². The lowest BCUT2D eigenvalue weighted by molar-refractivity contribution is -0.654. The Balaban J connectivity index is 0.000000295. The van der Waals surface area contributed by atoms with E-state index in [2.05, 4.69) is 23.6 Å². The first-order valence-corrected chi connectivity index (χ1v) is 7.21. The maximum atomic E-state index is 11.5. The van der Waals surface area contributed by atoms with Gasteiger partial charge in [0.05, 0.1) is 18.0 Å². The molecule has 0 aliphatic heterocycles. The van der Waals surface area contributed by atoms with Gasteiger partial charge in [0.1, 0.15) is 5.58 Å². The van der Waals surface area contributed by atoms with Gasteiger partial charge < -0.3 is 14.8 Å². The average Bonchev–Trinajstić information content (AvgIpc) is 2.48. The number of nitro groups is 1. The molecule has 0 saturated carbocycles. The Kier molecular flexibility index (Phi) is 7.04. The van der Waals surface area contributed by atoms with Crippen LogP contribution in [0.1, 0.15) is 26.7 Å². The molecule has 2 aromatic rings. The Bertz CT molecular complexity index is 677. The van der Waals surface area contributed by atoms with E-state index < -0.39 is 22.0 Å². The van der Waals surface area contributed by atoms with Crippen molar-refractivity contribution in [1.82, 2.24) is 0 Å². The third-order valence-corrected chi connectivity index (χ3v) is 2.91. The van der Waals surface area contributed by atoms with Gasteiger partial charge in [-0.1, -0.05) is 32.0 Å². The highest BCUT2D eigenvalue weighted by molar-refractivity contribution is 5.85. The van der Waals surface area contributed by atoms with E-state index in [4.69, 9.17) is 0 Å². The number of nitrogens with zero attached hydrogens (tertiary/aromatic N) is 1. The SMILES string of the molecule is CCC[NH2+]CCC.O=c1oc2ccccc2c([O-])c1[N+](=O)[O-]. The number of para-hydroxylation sites is 1. The van der Waals surface area contributed by atoms with Crippen molar-refractivity contribution in [3.05, 3.63) is 44.8 Å². The van der Waals surface area contributed by atoms with Crippen LogP contribution in [0.2, 0.25) is 0 Å². The number of rotatable bonds is 5. The van der Waals surface area contributed by atoms with Crippen LogP contribution in [0, 0.1) is 10.1 Å². The molecule has 0 aliphatic carbocycles. The molecule has 0 radical (unpaired) electrons. The van der Waals surface area contributed by atoms with E-state index in [1.165, 1.54) is 44.1 Å². The Morgan fingerprint density at radius 3 is 2.32 bits per heavy atom. The minimum absolute atomic E-state index is 0.0313. The minimum atomic E-state index is -1.22. The number of quaternary nitrogens is 1. The third kappa shape index (κ3) is 4.56. The van der Waals surface area contributed by atoms with Gasteiger partial charge in [-0.3, -0.25) is 10.1 Å². The van der Waals surface area contributed by atoms with Gasteiger partial charge in [-0.25, -0.2) is 4.79 Å². The van der Waals surface area contributed by atoms with Crippen LogP contribution < -0.4 is 16.0 Å². The molecule has 2 N–H and O–H groups in total. The Hall–Kier alpha value is -2.41. The highest BCUT2D eigenvalue weighted by Gasteiger charge is 2.17. The summed E-state index contributed by atoms with van der Waals surface area (Å²) in [6, 6.07) is 5.87. The largest absolute Gasteiger partial charge is 0.867 e. The molecule has 1 aromatic heterocycles. The van der Waals surface area contributed by atoms with Crippen molar-refractivity contribution in [2.24, 2.45) is 0 Å². The first kappa shape index (κ1) is 17.6. The molecule has 0 bridgehead atoms. The fourth-order valence-corrected chi connectivity index (χ4v) is 1.82. The lowest BCUT2D eigenvalue weighted by Crippen LogP contribution is -2.84. The van der Waals surface area contributed by atoms with Crippen molar-refractivity contribution < 1.29 is 19.8 Å². The van der Waals surface area contributed by atoms with Gasteiger partial charge in [0, 0.05) is 5.39 Å². The van der Waals surface area contributed by atoms with Gasteiger partial charge in [-0.2, -0.15) is 0 Å². The topological polar surface area (TPSA) is 113 Å². The second kappa shape index (κ2) is 8.78.